The third kappa shape index (κ3) is 3.94. The van der Waals surface area contributed by atoms with Gasteiger partial charge in [-0.3, -0.25) is 4.79 Å². The van der Waals surface area contributed by atoms with E-state index in [-0.39, 0.29) is 11.4 Å². The molecule has 3 aromatic heterocycles. The molecule has 3 heterocycles. The fourth-order valence-electron chi connectivity index (χ4n) is 3.44. The Hall–Kier alpha value is -4.11. The summed E-state index contributed by atoms with van der Waals surface area (Å²) < 4.78 is 17.5. The molecule has 0 aliphatic rings. The minimum Gasteiger partial charge on any atom is -0.266 e. The summed E-state index contributed by atoms with van der Waals surface area (Å²) in [6.45, 7) is 2.17. The third-order valence-electron chi connectivity index (χ3n) is 5.14. The average Bonchev–Trinajstić information content (AvgIpc) is 3.37. The number of halogens is 2. The monoisotopic (exact) mass is 461 g/mol. The van der Waals surface area contributed by atoms with E-state index in [9.17, 15) is 9.18 Å². The molecule has 0 atom stereocenters. The molecule has 5 aromatic rings. The quantitative estimate of drug-likeness (QED) is 0.373. The number of nitrogens with zero attached hydrogens (tertiary/aromatic N) is 7. The minimum absolute atomic E-state index is 0.306. The largest absolute Gasteiger partial charge is 0.285 e. The Morgan fingerprint density at radius 3 is 2.64 bits per heavy atom. The summed E-state index contributed by atoms with van der Waals surface area (Å²) in [5.41, 5.74) is 2.96. The zero-order valence-corrected chi connectivity index (χ0v) is 18.2. The van der Waals surface area contributed by atoms with E-state index in [0.29, 0.717) is 34.0 Å². The highest BCUT2D eigenvalue weighted by Gasteiger charge is 2.14. The molecule has 0 unspecified atom stereocenters. The van der Waals surface area contributed by atoms with Gasteiger partial charge in [-0.25, -0.2) is 18.7 Å². The first kappa shape index (κ1) is 20.8. The first-order chi connectivity index (χ1) is 16.0. The van der Waals surface area contributed by atoms with Gasteiger partial charge in [-0.15, -0.1) is 0 Å². The molecule has 5 rings (SSSR count). The molecule has 164 valence electrons. The van der Waals surface area contributed by atoms with Gasteiger partial charge in [0.05, 0.1) is 35.9 Å². The topological polar surface area (TPSA) is 82.9 Å². The van der Waals surface area contributed by atoms with Gasteiger partial charge in [-0.2, -0.15) is 20.0 Å². The number of aromatic nitrogens is 6. The van der Waals surface area contributed by atoms with Crippen molar-refractivity contribution in [1.82, 2.24) is 29.2 Å². The first-order valence-electron chi connectivity index (χ1n) is 10.0. The van der Waals surface area contributed by atoms with Crippen LogP contribution in [0.15, 0.2) is 77.0 Å². The number of aryl methyl sites for hydroxylation is 1. The van der Waals surface area contributed by atoms with E-state index >= 15 is 0 Å². The summed E-state index contributed by atoms with van der Waals surface area (Å²) in [5.74, 6) is -0.306. The third-order valence-corrected chi connectivity index (χ3v) is 5.54. The Morgan fingerprint density at radius 1 is 1.12 bits per heavy atom. The highest BCUT2D eigenvalue weighted by molar-refractivity contribution is 6.32. The van der Waals surface area contributed by atoms with Gasteiger partial charge in [0.15, 0.2) is 5.65 Å². The van der Waals surface area contributed by atoms with Gasteiger partial charge in [0.1, 0.15) is 22.7 Å². The van der Waals surface area contributed by atoms with Crippen LogP contribution in [0.4, 0.5) is 4.39 Å². The standard InChI is InChI=1S/C23H17ClFN7O/c1-15-19(21(24)30(29-15)13-16-7-9-17(25)10-8-16)11-27-31-14-26-22-20(23(31)33)12-28-32(22)18-5-3-2-4-6-18/h2-12,14H,13H2,1H3/b27-11+. The van der Waals surface area contributed by atoms with Crippen molar-refractivity contribution in [2.24, 2.45) is 5.10 Å². The van der Waals surface area contributed by atoms with Gasteiger partial charge in [0, 0.05) is 0 Å². The van der Waals surface area contributed by atoms with Gasteiger partial charge < -0.3 is 0 Å². The Labute approximate surface area is 192 Å². The van der Waals surface area contributed by atoms with Crippen LogP contribution in [-0.4, -0.2) is 35.4 Å². The fraction of sp³-hybridized carbons (Fsp3) is 0.0870. The molecule has 0 fully saturated rings. The van der Waals surface area contributed by atoms with Crippen LogP contribution in [0.3, 0.4) is 0 Å². The van der Waals surface area contributed by atoms with Crippen molar-refractivity contribution in [3.8, 4) is 5.69 Å². The van der Waals surface area contributed by atoms with Crippen molar-refractivity contribution >= 4 is 28.8 Å². The van der Waals surface area contributed by atoms with E-state index in [0.717, 1.165) is 15.9 Å². The summed E-state index contributed by atoms with van der Waals surface area (Å²) in [4.78, 5) is 17.3. The second-order valence-electron chi connectivity index (χ2n) is 7.34. The van der Waals surface area contributed by atoms with Crippen LogP contribution in [0, 0.1) is 12.7 Å². The van der Waals surface area contributed by atoms with E-state index in [1.165, 1.54) is 30.9 Å². The Morgan fingerprint density at radius 2 is 1.88 bits per heavy atom. The van der Waals surface area contributed by atoms with Gasteiger partial charge in [0.25, 0.3) is 5.56 Å². The maximum atomic E-state index is 13.1. The normalized spacial score (nSPS) is 11.6. The van der Waals surface area contributed by atoms with Crippen LogP contribution in [0.25, 0.3) is 16.7 Å². The highest BCUT2D eigenvalue weighted by atomic mass is 35.5. The number of benzene rings is 2. The minimum atomic E-state index is -0.356. The lowest BCUT2D eigenvalue weighted by molar-refractivity contribution is 0.624. The van der Waals surface area contributed by atoms with E-state index in [4.69, 9.17) is 11.6 Å². The van der Waals surface area contributed by atoms with Crippen LogP contribution in [0.1, 0.15) is 16.8 Å². The summed E-state index contributed by atoms with van der Waals surface area (Å²) >= 11 is 6.50. The van der Waals surface area contributed by atoms with Crippen molar-refractivity contribution in [2.75, 3.05) is 0 Å². The molecule has 0 bridgehead atoms. The SMILES string of the molecule is Cc1nn(Cc2ccc(F)cc2)c(Cl)c1/C=N/n1cnc2c(cnn2-c2ccccc2)c1=O. The molecule has 0 radical (unpaired) electrons. The first-order valence-corrected chi connectivity index (χ1v) is 10.4. The molecule has 2 aromatic carbocycles. The van der Waals surface area contributed by atoms with Gasteiger partial charge in [0.2, 0.25) is 0 Å². The summed E-state index contributed by atoms with van der Waals surface area (Å²) in [7, 11) is 0. The predicted octanol–water partition coefficient (Wildman–Crippen LogP) is 3.81. The molecule has 0 N–H and O–H groups in total. The van der Waals surface area contributed by atoms with Crippen LogP contribution in [-0.2, 0) is 6.54 Å². The van der Waals surface area contributed by atoms with Crippen molar-refractivity contribution in [2.45, 2.75) is 13.5 Å². The van der Waals surface area contributed by atoms with Gasteiger partial charge >= 0.3 is 0 Å². The van der Waals surface area contributed by atoms with Crippen molar-refractivity contribution in [3.63, 3.8) is 0 Å². The second kappa shape index (κ2) is 8.44. The Kier molecular flexibility index (Phi) is 5.31. The molecule has 0 saturated carbocycles. The summed E-state index contributed by atoms with van der Waals surface area (Å²) in [6, 6.07) is 15.6. The van der Waals surface area contributed by atoms with Gasteiger partial charge in [-0.05, 0) is 36.8 Å². The van der Waals surface area contributed by atoms with E-state index in [1.807, 2.05) is 30.3 Å². The smallest absolute Gasteiger partial charge is 0.266 e. The molecular formula is C23H17ClFN7O. The van der Waals surface area contributed by atoms with E-state index in [2.05, 4.69) is 20.3 Å². The molecule has 0 saturated heterocycles. The van der Waals surface area contributed by atoms with Crippen molar-refractivity contribution in [3.05, 3.63) is 105 Å². The zero-order valence-electron chi connectivity index (χ0n) is 17.4. The van der Waals surface area contributed by atoms with E-state index < -0.39 is 0 Å². The number of hydrogen-bond donors (Lipinski definition) is 0. The van der Waals surface area contributed by atoms with Gasteiger partial charge in [-0.1, -0.05) is 41.9 Å². The average molecular weight is 462 g/mol. The maximum Gasteiger partial charge on any atom is 0.285 e. The van der Waals surface area contributed by atoms with Crippen LogP contribution in [0.2, 0.25) is 5.15 Å². The molecule has 33 heavy (non-hydrogen) atoms. The molecule has 0 aliphatic carbocycles. The van der Waals surface area contributed by atoms with Crippen LogP contribution < -0.4 is 5.56 Å². The van der Waals surface area contributed by atoms with Crippen molar-refractivity contribution < 1.29 is 4.39 Å². The van der Waals surface area contributed by atoms with E-state index in [1.54, 1.807) is 28.4 Å². The highest BCUT2D eigenvalue weighted by Crippen LogP contribution is 2.19. The molecule has 0 amide bonds. The Bertz CT molecular complexity index is 1540. The molecule has 8 nitrogen and oxygen atoms in total. The summed E-state index contributed by atoms with van der Waals surface area (Å²) in [6.07, 6.45) is 4.29. The number of hydrogen-bond acceptors (Lipinski definition) is 5. The van der Waals surface area contributed by atoms with Crippen LogP contribution >= 0.6 is 11.6 Å². The molecule has 10 heteroatoms. The molecule has 0 spiro atoms. The van der Waals surface area contributed by atoms with Crippen molar-refractivity contribution in [1.29, 1.82) is 0 Å². The maximum absolute atomic E-state index is 13.1. The number of para-hydroxylation sites is 1. The lowest BCUT2D eigenvalue weighted by Crippen LogP contribution is -2.17. The second-order valence-corrected chi connectivity index (χ2v) is 7.70. The molecule has 0 aliphatic heterocycles. The Balaban J connectivity index is 1.45. The van der Waals surface area contributed by atoms with Crippen LogP contribution in [0.5, 0.6) is 0 Å². The predicted molar refractivity (Wildman–Crippen MR) is 124 cm³/mol. The lowest BCUT2D eigenvalue weighted by atomic mass is 10.2. The molecular weight excluding hydrogens is 445 g/mol. The lowest BCUT2D eigenvalue weighted by Gasteiger charge is -2.04. The zero-order chi connectivity index (χ0) is 22.9. The summed E-state index contributed by atoms with van der Waals surface area (Å²) in [5, 5.41) is 13.7. The number of fused-ring (bicyclic) bond motifs is 1. The fourth-order valence-corrected chi connectivity index (χ4v) is 3.73. The number of rotatable bonds is 5.